The van der Waals surface area contributed by atoms with Crippen molar-refractivity contribution in [2.45, 2.75) is 71.3 Å². The monoisotopic (exact) mass is 704 g/mol. The zero-order valence-corrected chi connectivity index (χ0v) is 28.7. The number of anilines is 4. The summed E-state index contributed by atoms with van der Waals surface area (Å²) in [6, 6.07) is 6.65. The van der Waals surface area contributed by atoms with Gasteiger partial charge in [0.1, 0.15) is 11.4 Å². The van der Waals surface area contributed by atoms with Gasteiger partial charge in [-0.3, -0.25) is 19.1 Å². The Balaban J connectivity index is 1.39. The lowest BCUT2D eigenvalue weighted by molar-refractivity contribution is -0.149. The minimum atomic E-state index is -4.79. The van der Waals surface area contributed by atoms with Crippen LogP contribution < -0.4 is 10.6 Å². The van der Waals surface area contributed by atoms with Gasteiger partial charge >= 0.3 is 19.7 Å². The summed E-state index contributed by atoms with van der Waals surface area (Å²) in [5.41, 5.74) is 1.90. The molecule has 1 aromatic carbocycles. The van der Waals surface area contributed by atoms with Crippen molar-refractivity contribution in [1.82, 2.24) is 19.9 Å². The van der Waals surface area contributed by atoms with Crippen molar-refractivity contribution in [3.63, 3.8) is 0 Å². The van der Waals surface area contributed by atoms with Gasteiger partial charge in [0.05, 0.1) is 60.7 Å². The molecule has 49 heavy (non-hydrogen) atoms. The van der Waals surface area contributed by atoms with Crippen molar-refractivity contribution in [3.05, 3.63) is 64.6 Å². The highest BCUT2D eigenvalue weighted by Gasteiger charge is 2.38. The molecule has 1 saturated carbocycles. The number of ether oxygens (including phenoxy) is 1. The molecule has 2 aliphatic rings. The number of nitrogens with one attached hydrogen (secondary N) is 2. The fraction of sp³-hybridized carbons (Fsp3) is 0.485. The molecule has 0 bridgehead atoms. The molecule has 2 N–H and O–H groups in total. The van der Waals surface area contributed by atoms with E-state index in [4.69, 9.17) is 13.8 Å². The van der Waals surface area contributed by atoms with E-state index in [0.29, 0.717) is 49.1 Å². The number of halogens is 3. The molecule has 3 heterocycles. The topological polar surface area (TPSA) is 145 Å². The highest BCUT2D eigenvalue weighted by atomic mass is 31.2. The number of amides is 1. The Morgan fingerprint density at radius 1 is 0.980 bits per heavy atom. The normalized spacial score (nSPS) is 17.9. The van der Waals surface area contributed by atoms with Crippen LogP contribution >= 0.6 is 7.60 Å². The Kier molecular flexibility index (Phi) is 11.3. The SMILES string of the molecule is CCOC(=O)[C@H]1CC[C@@H](c2ccc(Nc3nc(Nc4ccc(CP(=O)(OCC)OCC)nc4)ncc3C(F)(F)F)c3c2CN(C)C3=O)CC1. The minimum Gasteiger partial charge on any atom is -0.466 e. The molecule has 1 aliphatic heterocycles. The van der Waals surface area contributed by atoms with Gasteiger partial charge in [-0.2, -0.15) is 18.2 Å². The van der Waals surface area contributed by atoms with E-state index in [9.17, 15) is 27.3 Å². The van der Waals surface area contributed by atoms with Gasteiger partial charge in [0, 0.05) is 19.8 Å². The maximum atomic E-state index is 14.2. The zero-order valence-electron chi connectivity index (χ0n) is 27.8. The first-order valence-electron chi connectivity index (χ1n) is 16.2. The number of pyridine rings is 1. The van der Waals surface area contributed by atoms with Gasteiger partial charge in [-0.15, -0.1) is 0 Å². The van der Waals surface area contributed by atoms with Gasteiger partial charge in [0.2, 0.25) is 5.95 Å². The lowest BCUT2D eigenvalue weighted by atomic mass is 9.77. The van der Waals surface area contributed by atoms with Crippen molar-refractivity contribution in [2.75, 3.05) is 37.5 Å². The molecular formula is C33H40F3N6O6P. The second-order valence-electron chi connectivity index (χ2n) is 11.9. The van der Waals surface area contributed by atoms with Gasteiger partial charge in [0.25, 0.3) is 5.91 Å². The third-order valence-electron chi connectivity index (χ3n) is 8.53. The molecular weight excluding hydrogens is 664 g/mol. The third kappa shape index (κ3) is 8.39. The summed E-state index contributed by atoms with van der Waals surface area (Å²) in [4.78, 5) is 39.4. The zero-order chi connectivity index (χ0) is 35.3. The summed E-state index contributed by atoms with van der Waals surface area (Å²) < 4.78 is 71.2. The predicted molar refractivity (Wildman–Crippen MR) is 176 cm³/mol. The number of carbonyl (C=O) groups is 2. The van der Waals surface area contributed by atoms with Crippen LogP contribution in [0.2, 0.25) is 0 Å². The van der Waals surface area contributed by atoms with Crippen LogP contribution in [0.5, 0.6) is 0 Å². The highest BCUT2D eigenvalue weighted by molar-refractivity contribution is 7.53. The number of aromatic nitrogens is 3. The number of rotatable bonds is 13. The Morgan fingerprint density at radius 2 is 1.69 bits per heavy atom. The molecule has 0 atom stereocenters. The average Bonchev–Trinajstić information content (AvgIpc) is 3.36. The first-order valence-corrected chi connectivity index (χ1v) is 18.0. The predicted octanol–water partition coefficient (Wildman–Crippen LogP) is 7.57. The largest absolute Gasteiger partial charge is 0.466 e. The van der Waals surface area contributed by atoms with Gasteiger partial charge in [-0.05, 0) is 81.7 Å². The van der Waals surface area contributed by atoms with E-state index in [2.05, 4.69) is 25.6 Å². The van der Waals surface area contributed by atoms with Gasteiger partial charge < -0.3 is 29.3 Å². The number of fused-ring (bicyclic) bond motifs is 1. The van der Waals surface area contributed by atoms with Crippen LogP contribution in [0.3, 0.4) is 0 Å². The summed E-state index contributed by atoms with van der Waals surface area (Å²) in [7, 11) is -1.74. The summed E-state index contributed by atoms with van der Waals surface area (Å²) in [5, 5.41) is 5.64. The molecule has 12 nitrogen and oxygen atoms in total. The van der Waals surface area contributed by atoms with E-state index in [1.165, 1.54) is 11.1 Å². The molecule has 0 saturated heterocycles. The number of alkyl halides is 3. The van der Waals surface area contributed by atoms with Crippen molar-refractivity contribution in [3.8, 4) is 0 Å². The molecule has 0 unspecified atom stereocenters. The maximum Gasteiger partial charge on any atom is 0.421 e. The lowest BCUT2D eigenvalue weighted by Gasteiger charge is -2.29. The number of benzene rings is 1. The first-order chi connectivity index (χ1) is 23.4. The Morgan fingerprint density at radius 3 is 2.31 bits per heavy atom. The van der Waals surface area contributed by atoms with Gasteiger partial charge in [0.15, 0.2) is 0 Å². The number of nitrogens with zero attached hydrogens (tertiary/aromatic N) is 4. The standard InChI is InChI=1S/C33H40F3N6O6P/c1-5-46-31(44)21-10-8-20(9-11-21)24-14-15-27(28-25(24)18-42(4)30(28)43)40-29-26(33(34,35)36)17-38-32(41-29)39-22-12-13-23(37-16-22)19-49(45,47-6-2)48-7-3/h12-17,20-21H,5-11,18-19H2,1-4H3,(H2,38,39,40,41)/t20-,21+. The summed E-state index contributed by atoms with van der Waals surface area (Å²) in [6.45, 7) is 6.24. The van der Waals surface area contributed by atoms with E-state index in [1.807, 2.05) is 6.07 Å². The Bertz CT molecular complexity index is 1710. The highest BCUT2D eigenvalue weighted by Crippen LogP contribution is 2.51. The quantitative estimate of drug-likeness (QED) is 0.134. The van der Waals surface area contributed by atoms with Crippen LogP contribution in [0.1, 0.15) is 85.1 Å². The van der Waals surface area contributed by atoms with E-state index in [1.54, 1.807) is 46.0 Å². The number of esters is 1. The van der Waals surface area contributed by atoms with E-state index in [-0.39, 0.29) is 54.7 Å². The first kappa shape index (κ1) is 36.2. The van der Waals surface area contributed by atoms with Crippen molar-refractivity contribution < 1.29 is 41.1 Å². The Hall–Kier alpha value is -4.07. The molecule has 1 aliphatic carbocycles. The number of carbonyl (C=O) groups excluding carboxylic acids is 2. The lowest BCUT2D eigenvalue weighted by Crippen LogP contribution is -2.23. The Labute approximate surface area is 282 Å². The second kappa shape index (κ2) is 15.2. The fourth-order valence-electron chi connectivity index (χ4n) is 6.28. The van der Waals surface area contributed by atoms with Crippen LogP contribution in [0.4, 0.5) is 36.3 Å². The molecule has 3 aromatic rings. The van der Waals surface area contributed by atoms with Crippen molar-refractivity contribution >= 4 is 42.6 Å². The molecule has 2 aromatic heterocycles. The molecule has 0 spiro atoms. The van der Waals surface area contributed by atoms with Gasteiger partial charge in [-0.25, -0.2) is 4.98 Å². The summed E-state index contributed by atoms with van der Waals surface area (Å²) >= 11 is 0. The molecule has 264 valence electrons. The van der Waals surface area contributed by atoms with Crippen LogP contribution in [0.25, 0.3) is 0 Å². The van der Waals surface area contributed by atoms with Crippen LogP contribution in [-0.2, 0) is 42.0 Å². The van der Waals surface area contributed by atoms with E-state index in [0.717, 1.165) is 24.0 Å². The third-order valence-corrected chi connectivity index (χ3v) is 10.5. The second-order valence-corrected chi connectivity index (χ2v) is 13.9. The maximum absolute atomic E-state index is 14.2. The molecule has 1 amide bonds. The number of hydrogen-bond acceptors (Lipinski definition) is 11. The molecule has 5 rings (SSSR count). The van der Waals surface area contributed by atoms with Crippen LogP contribution in [0.15, 0.2) is 36.7 Å². The fourth-order valence-corrected chi connectivity index (χ4v) is 7.91. The van der Waals surface area contributed by atoms with E-state index < -0.39 is 25.2 Å². The smallest absolute Gasteiger partial charge is 0.421 e. The van der Waals surface area contributed by atoms with E-state index >= 15 is 0 Å². The van der Waals surface area contributed by atoms with Crippen molar-refractivity contribution in [1.29, 1.82) is 0 Å². The van der Waals surface area contributed by atoms with Gasteiger partial charge in [-0.1, -0.05) is 6.07 Å². The average molecular weight is 705 g/mol. The molecule has 0 radical (unpaired) electrons. The van der Waals surface area contributed by atoms with Crippen molar-refractivity contribution in [2.24, 2.45) is 5.92 Å². The molecule has 1 fully saturated rings. The van der Waals surface area contributed by atoms with Crippen LogP contribution in [0, 0.1) is 5.92 Å². The van der Waals surface area contributed by atoms with Crippen LogP contribution in [-0.4, -0.2) is 58.6 Å². The summed E-state index contributed by atoms with van der Waals surface area (Å²) in [6.07, 6.45) is 0.0191. The minimum absolute atomic E-state index is 0.0499. The summed E-state index contributed by atoms with van der Waals surface area (Å²) in [5.74, 6) is -1.25. The molecule has 16 heteroatoms. The number of hydrogen-bond donors (Lipinski definition) is 2.